The molecule has 1 amide bonds. The minimum Gasteiger partial charge on any atom is -0.366 e. The van der Waals surface area contributed by atoms with Gasteiger partial charge in [-0.3, -0.25) is 4.79 Å². The number of hydrogen-bond acceptors (Lipinski definition) is 4. The first kappa shape index (κ1) is 12.8. The summed E-state index contributed by atoms with van der Waals surface area (Å²) in [6.07, 6.45) is 0.458. The number of carbonyl (C=O) groups excluding carboxylic acids is 1. The average molecular weight is 275 g/mol. The Balaban J connectivity index is 1.69. The molecule has 1 aliphatic rings. The minimum absolute atomic E-state index is 0.0418. The average Bonchev–Trinajstić information content (AvgIpc) is 2.76. The van der Waals surface area contributed by atoms with Gasteiger partial charge in [0.1, 0.15) is 6.10 Å². The summed E-state index contributed by atoms with van der Waals surface area (Å²) in [5, 5.41) is 6.00. The van der Waals surface area contributed by atoms with Crippen LogP contribution in [0.2, 0.25) is 4.34 Å². The number of nitrogens with one attached hydrogen (secondary N) is 2. The van der Waals surface area contributed by atoms with E-state index < -0.39 is 0 Å². The van der Waals surface area contributed by atoms with Crippen molar-refractivity contribution in [2.45, 2.75) is 12.5 Å². The highest BCUT2D eigenvalue weighted by Gasteiger charge is 2.20. The van der Waals surface area contributed by atoms with E-state index in [4.69, 9.17) is 16.3 Å². The number of hydrogen-bond donors (Lipinski definition) is 2. The van der Waals surface area contributed by atoms with Gasteiger partial charge in [-0.2, -0.15) is 0 Å². The van der Waals surface area contributed by atoms with Crippen molar-refractivity contribution < 1.29 is 9.53 Å². The Morgan fingerprint density at radius 3 is 3.18 bits per heavy atom. The third kappa shape index (κ3) is 3.96. The van der Waals surface area contributed by atoms with Crippen LogP contribution in [-0.2, 0) is 16.0 Å². The predicted molar refractivity (Wildman–Crippen MR) is 68.7 cm³/mol. The maximum absolute atomic E-state index is 11.7. The van der Waals surface area contributed by atoms with Crippen molar-refractivity contribution in [2.75, 3.05) is 26.2 Å². The van der Waals surface area contributed by atoms with E-state index in [-0.39, 0.29) is 12.0 Å². The minimum atomic E-state index is -0.351. The van der Waals surface area contributed by atoms with E-state index >= 15 is 0 Å². The molecule has 1 unspecified atom stereocenters. The predicted octanol–water partition coefficient (Wildman–Crippen LogP) is 1.05. The van der Waals surface area contributed by atoms with E-state index in [1.165, 1.54) is 4.88 Å². The molecule has 0 bridgehead atoms. The summed E-state index contributed by atoms with van der Waals surface area (Å²) in [4.78, 5) is 12.9. The molecular weight excluding hydrogens is 260 g/mol. The van der Waals surface area contributed by atoms with Crippen LogP contribution in [0.5, 0.6) is 0 Å². The lowest BCUT2D eigenvalue weighted by molar-refractivity contribution is -0.134. The highest BCUT2D eigenvalue weighted by atomic mass is 35.5. The van der Waals surface area contributed by atoms with Crippen molar-refractivity contribution in [3.8, 4) is 0 Å². The second-order valence-electron chi connectivity index (χ2n) is 3.81. The summed E-state index contributed by atoms with van der Waals surface area (Å²) >= 11 is 7.37. The molecule has 1 saturated heterocycles. The molecule has 6 heteroatoms. The van der Waals surface area contributed by atoms with E-state index in [1.54, 1.807) is 11.3 Å². The number of amides is 1. The van der Waals surface area contributed by atoms with Crippen molar-refractivity contribution in [1.82, 2.24) is 10.6 Å². The lowest BCUT2D eigenvalue weighted by Crippen LogP contribution is -2.48. The monoisotopic (exact) mass is 274 g/mol. The summed E-state index contributed by atoms with van der Waals surface area (Å²) < 4.78 is 6.14. The fourth-order valence-corrected chi connectivity index (χ4v) is 2.73. The first-order chi connectivity index (χ1) is 8.25. The first-order valence-electron chi connectivity index (χ1n) is 5.60. The van der Waals surface area contributed by atoms with Crippen molar-refractivity contribution in [3.63, 3.8) is 0 Å². The highest BCUT2D eigenvalue weighted by molar-refractivity contribution is 7.16. The van der Waals surface area contributed by atoms with Gasteiger partial charge in [0.2, 0.25) is 5.91 Å². The standard InChI is InChI=1S/C11H15ClN2O2S/c12-10-2-1-8(17-10)3-4-14-11(15)9-7-13-5-6-16-9/h1-2,9,13H,3-7H2,(H,14,15). The number of rotatable bonds is 4. The molecule has 1 atom stereocenters. The second-order valence-corrected chi connectivity index (χ2v) is 5.61. The topological polar surface area (TPSA) is 50.4 Å². The van der Waals surface area contributed by atoms with Crippen LogP contribution in [0.15, 0.2) is 12.1 Å². The number of thiophene rings is 1. The maximum Gasteiger partial charge on any atom is 0.250 e. The van der Waals surface area contributed by atoms with Crippen molar-refractivity contribution in [3.05, 3.63) is 21.3 Å². The molecule has 0 aliphatic carbocycles. The number of halogens is 1. The van der Waals surface area contributed by atoms with Gasteiger partial charge in [0.15, 0.2) is 0 Å². The normalized spacial score (nSPS) is 20.2. The quantitative estimate of drug-likeness (QED) is 0.863. The Labute approximate surface area is 109 Å². The van der Waals surface area contributed by atoms with Crippen LogP contribution in [0.4, 0.5) is 0 Å². The third-order valence-corrected chi connectivity index (χ3v) is 3.81. The van der Waals surface area contributed by atoms with Crippen LogP contribution < -0.4 is 10.6 Å². The van der Waals surface area contributed by atoms with Gasteiger partial charge in [0.05, 0.1) is 10.9 Å². The van der Waals surface area contributed by atoms with Gasteiger partial charge in [-0.1, -0.05) is 11.6 Å². The summed E-state index contributed by atoms with van der Waals surface area (Å²) in [7, 11) is 0. The number of morpholine rings is 1. The molecule has 0 radical (unpaired) electrons. The van der Waals surface area contributed by atoms with Crippen LogP contribution in [0.1, 0.15) is 4.88 Å². The summed E-state index contributed by atoms with van der Waals surface area (Å²) in [5.74, 6) is -0.0418. The fourth-order valence-electron chi connectivity index (χ4n) is 1.64. The summed E-state index contributed by atoms with van der Waals surface area (Å²) in [6, 6.07) is 3.86. The van der Waals surface area contributed by atoms with E-state index in [2.05, 4.69) is 10.6 Å². The lowest BCUT2D eigenvalue weighted by Gasteiger charge is -2.22. The Bertz CT molecular complexity index is 377. The molecule has 1 aromatic rings. The van der Waals surface area contributed by atoms with Gasteiger partial charge in [0.25, 0.3) is 0 Å². The van der Waals surface area contributed by atoms with Crippen LogP contribution >= 0.6 is 22.9 Å². The molecule has 2 rings (SSSR count). The van der Waals surface area contributed by atoms with Gasteiger partial charge >= 0.3 is 0 Å². The van der Waals surface area contributed by atoms with Gasteiger partial charge < -0.3 is 15.4 Å². The molecule has 1 fully saturated rings. The third-order valence-electron chi connectivity index (χ3n) is 2.52. The zero-order valence-corrected chi connectivity index (χ0v) is 10.9. The van der Waals surface area contributed by atoms with Crippen LogP contribution in [-0.4, -0.2) is 38.3 Å². The van der Waals surface area contributed by atoms with Crippen molar-refractivity contribution in [1.29, 1.82) is 0 Å². The molecular formula is C11H15ClN2O2S. The van der Waals surface area contributed by atoms with E-state index in [9.17, 15) is 4.79 Å². The van der Waals surface area contributed by atoms with E-state index in [0.717, 1.165) is 17.3 Å². The molecule has 0 saturated carbocycles. The zero-order chi connectivity index (χ0) is 12.1. The van der Waals surface area contributed by atoms with E-state index in [1.807, 2.05) is 12.1 Å². The Morgan fingerprint density at radius 2 is 2.53 bits per heavy atom. The van der Waals surface area contributed by atoms with Crippen molar-refractivity contribution >= 4 is 28.8 Å². The molecule has 94 valence electrons. The first-order valence-corrected chi connectivity index (χ1v) is 6.79. The molecule has 0 aromatic carbocycles. The highest BCUT2D eigenvalue weighted by Crippen LogP contribution is 2.21. The largest absolute Gasteiger partial charge is 0.366 e. The Hall–Kier alpha value is -0.620. The molecule has 2 N–H and O–H groups in total. The SMILES string of the molecule is O=C(NCCc1ccc(Cl)s1)C1CNCCO1. The second kappa shape index (κ2) is 6.35. The lowest BCUT2D eigenvalue weighted by atomic mass is 10.2. The molecule has 2 heterocycles. The van der Waals surface area contributed by atoms with Gasteiger partial charge in [-0.25, -0.2) is 0 Å². The van der Waals surface area contributed by atoms with Crippen LogP contribution in [0.25, 0.3) is 0 Å². The molecule has 17 heavy (non-hydrogen) atoms. The fraction of sp³-hybridized carbons (Fsp3) is 0.545. The van der Waals surface area contributed by atoms with Gasteiger partial charge in [-0.05, 0) is 18.6 Å². The Morgan fingerprint density at radius 1 is 1.65 bits per heavy atom. The van der Waals surface area contributed by atoms with Crippen molar-refractivity contribution in [2.24, 2.45) is 0 Å². The Kier molecular flexibility index (Phi) is 4.79. The zero-order valence-electron chi connectivity index (χ0n) is 9.37. The van der Waals surface area contributed by atoms with Gasteiger partial charge in [-0.15, -0.1) is 11.3 Å². The maximum atomic E-state index is 11.7. The molecule has 0 spiro atoms. The summed E-state index contributed by atoms with van der Waals surface area (Å²) in [5.41, 5.74) is 0. The molecule has 1 aromatic heterocycles. The van der Waals surface area contributed by atoms with E-state index in [0.29, 0.717) is 19.7 Å². The smallest absolute Gasteiger partial charge is 0.250 e. The number of ether oxygens (including phenoxy) is 1. The molecule has 4 nitrogen and oxygen atoms in total. The molecule has 1 aliphatic heterocycles. The summed E-state index contributed by atoms with van der Waals surface area (Å²) in [6.45, 7) is 2.63. The number of carbonyl (C=O) groups is 1. The van der Waals surface area contributed by atoms with Crippen LogP contribution in [0, 0.1) is 0 Å². The van der Waals surface area contributed by atoms with Gasteiger partial charge in [0, 0.05) is 24.5 Å². The van der Waals surface area contributed by atoms with Crippen LogP contribution in [0.3, 0.4) is 0 Å².